The molecule has 1 N–H and O–H groups in total. The van der Waals surface area contributed by atoms with Crippen molar-refractivity contribution in [2.24, 2.45) is 0 Å². The fraction of sp³-hybridized carbons (Fsp3) is 0.444. The van der Waals surface area contributed by atoms with Crippen LogP contribution in [-0.2, 0) is 34.0 Å². The first-order chi connectivity index (χ1) is 19.6. The van der Waals surface area contributed by atoms with E-state index in [1.165, 1.54) is 30.3 Å². The first-order valence-corrected chi connectivity index (χ1v) is 11.7. The van der Waals surface area contributed by atoms with Gasteiger partial charge in [0, 0.05) is 50.9 Å². The first-order valence-electron chi connectivity index (χ1n) is 14.7. The topological polar surface area (TPSA) is 88.2 Å². The second-order valence-corrected chi connectivity index (χ2v) is 9.07. The number of halogens is 1. The molecule has 0 radical (unpaired) electrons. The zero-order valence-corrected chi connectivity index (χ0v) is 19.8. The van der Waals surface area contributed by atoms with E-state index in [1.54, 1.807) is 4.90 Å². The Morgan fingerprint density at radius 1 is 1.19 bits per heavy atom. The van der Waals surface area contributed by atoms with Crippen molar-refractivity contribution in [1.82, 2.24) is 15.1 Å². The monoisotopic (exact) mass is 501 g/mol. The highest BCUT2D eigenvalue weighted by atomic mass is 19.1. The number of hydrogen-bond acceptors (Lipinski definition) is 6. The Labute approximate surface area is 217 Å². The zero-order valence-electron chi connectivity index (χ0n) is 25.8. The number of imide groups is 1. The SMILES string of the molecule is [2H]C([2H])(c1ccc(COc2cccc3c2CN(C2C(=O)NC(=O)C([2H])([2H])C2([2H])[2H])C3=O)c(F)c1)N1CC(C)OC(C)C1. The van der Waals surface area contributed by atoms with Crippen molar-refractivity contribution < 1.29 is 36.5 Å². The highest BCUT2D eigenvalue weighted by Crippen LogP contribution is 2.34. The van der Waals surface area contributed by atoms with Gasteiger partial charge in [-0.1, -0.05) is 18.2 Å². The summed E-state index contributed by atoms with van der Waals surface area (Å²) in [5.41, 5.74) is 0.677. The lowest BCUT2D eigenvalue weighted by Gasteiger charge is -2.35. The standard InChI is InChI=1S/C27H30FN3O5/c1-16-11-30(12-17(2)36-16)13-18-6-7-19(22(28)10-18)15-35-24-5-3-4-20-21(24)14-31(27(20)34)23-8-9-25(32)29-26(23)33/h3-7,10,16-17,23H,8-9,11-15H2,1-2H3,(H,29,32,33)/i8D2,9D2,13D2. The van der Waals surface area contributed by atoms with Gasteiger partial charge in [0.25, 0.3) is 5.91 Å². The molecular formula is C27H30FN3O5. The Hall–Kier alpha value is -3.30. The van der Waals surface area contributed by atoms with Gasteiger partial charge in [-0.3, -0.25) is 24.6 Å². The molecule has 3 heterocycles. The van der Waals surface area contributed by atoms with Crippen LogP contribution in [0.1, 0.15) is 61.9 Å². The van der Waals surface area contributed by atoms with E-state index in [1.807, 2.05) is 19.2 Å². The molecule has 2 aromatic rings. The molecule has 2 saturated heterocycles. The van der Waals surface area contributed by atoms with Crippen LogP contribution in [0, 0.1) is 5.82 Å². The molecule has 3 aliphatic rings. The molecule has 0 aliphatic carbocycles. The van der Waals surface area contributed by atoms with E-state index in [0.717, 1.165) is 11.0 Å². The van der Waals surface area contributed by atoms with Crippen LogP contribution < -0.4 is 10.1 Å². The van der Waals surface area contributed by atoms with Gasteiger partial charge in [0.05, 0.1) is 18.8 Å². The normalized spacial score (nSPS) is 30.2. The minimum absolute atomic E-state index is 0.103. The van der Waals surface area contributed by atoms with Gasteiger partial charge in [-0.05, 0) is 44.0 Å². The predicted molar refractivity (Wildman–Crippen MR) is 129 cm³/mol. The van der Waals surface area contributed by atoms with Gasteiger partial charge in [0.15, 0.2) is 0 Å². The molecule has 0 spiro atoms. The van der Waals surface area contributed by atoms with E-state index in [4.69, 9.17) is 17.7 Å². The molecule has 3 amide bonds. The number of carbonyl (C=O) groups is 3. The average Bonchev–Trinajstić information content (AvgIpc) is 3.22. The van der Waals surface area contributed by atoms with Gasteiger partial charge in [0.1, 0.15) is 24.2 Å². The molecule has 8 nitrogen and oxygen atoms in total. The van der Waals surface area contributed by atoms with Gasteiger partial charge in [-0.25, -0.2) is 4.39 Å². The minimum atomic E-state index is -3.07. The number of piperidine rings is 1. The Bertz CT molecular complexity index is 1450. The maximum atomic E-state index is 15.2. The third-order valence-electron chi connectivity index (χ3n) is 6.22. The third-order valence-corrected chi connectivity index (χ3v) is 6.22. The van der Waals surface area contributed by atoms with Crippen LogP contribution >= 0.6 is 0 Å². The van der Waals surface area contributed by atoms with E-state index < -0.39 is 48.8 Å². The Balaban J connectivity index is 1.34. The number of benzene rings is 2. The van der Waals surface area contributed by atoms with Crippen molar-refractivity contribution in [3.63, 3.8) is 0 Å². The number of nitrogens with one attached hydrogen (secondary N) is 1. The van der Waals surface area contributed by atoms with Crippen molar-refractivity contribution in [3.05, 3.63) is 64.5 Å². The van der Waals surface area contributed by atoms with Gasteiger partial charge in [-0.2, -0.15) is 0 Å². The summed E-state index contributed by atoms with van der Waals surface area (Å²) < 4.78 is 76.2. The van der Waals surface area contributed by atoms with Crippen LogP contribution in [-0.4, -0.2) is 58.9 Å². The number of hydrogen-bond donors (Lipinski definition) is 1. The van der Waals surface area contributed by atoms with Crippen molar-refractivity contribution in [3.8, 4) is 5.75 Å². The lowest BCUT2D eigenvalue weighted by molar-refractivity contribution is -0.136. The summed E-state index contributed by atoms with van der Waals surface area (Å²) in [6.45, 7) is 1.90. The Morgan fingerprint density at radius 3 is 2.72 bits per heavy atom. The number of amides is 3. The summed E-state index contributed by atoms with van der Waals surface area (Å²) in [6.07, 6.45) is -6.44. The second-order valence-electron chi connectivity index (χ2n) is 9.07. The maximum absolute atomic E-state index is 15.2. The summed E-state index contributed by atoms with van der Waals surface area (Å²) in [6, 6.07) is 6.61. The molecule has 2 fully saturated rings. The largest absolute Gasteiger partial charge is 0.488 e. The van der Waals surface area contributed by atoms with Crippen LogP contribution in [0.4, 0.5) is 4.39 Å². The van der Waals surface area contributed by atoms with Gasteiger partial charge < -0.3 is 14.4 Å². The van der Waals surface area contributed by atoms with Crippen LogP contribution in [0.25, 0.3) is 0 Å². The van der Waals surface area contributed by atoms with Gasteiger partial charge >= 0.3 is 0 Å². The van der Waals surface area contributed by atoms with E-state index >= 15 is 4.39 Å². The van der Waals surface area contributed by atoms with Crippen LogP contribution in [0.2, 0.25) is 0 Å². The zero-order chi connectivity index (χ0) is 30.8. The van der Waals surface area contributed by atoms with Crippen LogP contribution in [0.5, 0.6) is 5.75 Å². The summed E-state index contributed by atoms with van der Waals surface area (Å²) >= 11 is 0. The van der Waals surface area contributed by atoms with Gasteiger partial charge in [0.2, 0.25) is 11.8 Å². The molecule has 190 valence electrons. The molecule has 0 bridgehead atoms. The molecule has 0 saturated carbocycles. The molecular weight excluding hydrogens is 465 g/mol. The Kier molecular flexibility index (Phi) is 5.00. The van der Waals surface area contributed by atoms with Crippen molar-refractivity contribution in [2.45, 2.75) is 64.5 Å². The molecule has 3 atom stereocenters. The number of ether oxygens (including phenoxy) is 2. The van der Waals surface area contributed by atoms with Crippen molar-refractivity contribution in [1.29, 1.82) is 0 Å². The maximum Gasteiger partial charge on any atom is 0.255 e. The van der Waals surface area contributed by atoms with Crippen LogP contribution in [0.15, 0.2) is 36.4 Å². The van der Waals surface area contributed by atoms with E-state index in [0.29, 0.717) is 18.7 Å². The smallest absolute Gasteiger partial charge is 0.255 e. The third kappa shape index (κ3) is 4.99. The van der Waals surface area contributed by atoms with E-state index in [-0.39, 0.29) is 47.8 Å². The van der Waals surface area contributed by atoms with Gasteiger partial charge in [-0.15, -0.1) is 0 Å². The highest BCUT2D eigenvalue weighted by molar-refractivity contribution is 6.05. The lowest BCUT2D eigenvalue weighted by Crippen LogP contribution is -2.52. The lowest BCUT2D eigenvalue weighted by atomic mass is 10.0. The number of carbonyl (C=O) groups excluding carboxylic acids is 3. The summed E-state index contributed by atoms with van der Waals surface area (Å²) in [5, 5.41) is 1.81. The molecule has 3 aliphatic heterocycles. The molecule has 0 aromatic heterocycles. The number of nitrogens with zero attached hydrogens (tertiary/aromatic N) is 2. The van der Waals surface area contributed by atoms with Crippen molar-refractivity contribution in [2.75, 3.05) is 13.1 Å². The predicted octanol–water partition coefficient (Wildman–Crippen LogP) is 2.77. The fourth-order valence-electron chi connectivity index (χ4n) is 4.64. The molecule has 36 heavy (non-hydrogen) atoms. The quantitative estimate of drug-likeness (QED) is 0.613. The molecule has 5 rings (SSSR count). The summed E-state index contributed by atoms with van der Waals surface area (Å²) in [4.78, 5) is 40.3. The number of morpholine rings is 1. The average molecular weight is 502 g/mol. The number of fused-ring (bicyclic) bond motifs is 1. The first kappa shape index (κ1) is 18.0. The molecule has 3 unspecified atom stereocenters. The highest BCUT2D eigenvalue weighted by Gasteiger charge is 2.40. The van der Waals surface area contributed by atoms with Crippen LogP contribution in [0.3, 0.4) is 0 Å². The fourth-order valence-corrected chi connectivity index (χ4v) is 4.64. The summed E-state index contributed by atoms with van der Waals surface area (Å²) in [5.74, 6) is -3.80. The molecule has 2 aromatic carbocycles. The molecule has 9 heteroatoms. The van der Waals surface area contributed by atoms with Crippen molar-refractivity contribution >= 4 is 17.7 Å². The summed E-state index contributed by atoms with van der Waals surface area (Å²) in [7, 11) is 0. The minimum Gasteiger partial charge on any atom is -0.488 e. The van der Waals surface area contributed by atoms with E-state index in [9.17, 15) is 14.4 Å². The Morgan fingerprint density at radius 2 is 1.97 bits per heavy atom. The second kappa shape index (κ2) is 9.99. The van der Waals surface area contributed by atoms with E-state index in [2.05, 4.69) is 0 Å². The number of rotatable bonds is 6.